The lowest BCUT2D eigenvalue weighted by Crippen LogP contribution is -2.55. The Morgan fingerprint density at radius 2 is 1.83 bits per heavy atom. The number of ether oxygens (including phenoxy) is 1. The number of phenols is 1. The molecular formula is C20H31NO3. The molecule has 0 heterocycles. The average Bonchev–Trinajstić information content (AvgIpc) is 2.36. The summed E-state index contributed by atoms with van der Waals surface area (Å²) in [4.78, 5) is 12.3. The number of amides is 1. The molecule has 2 N–H and O–H groups in total. The molecule has 1 aromatic rings. The number of carbonyl (C=O) groups excluding carboxylic acids is 1. The van der Waals surface area contributed by atoms with Gasteiger partial charge in [0.1, 0.15) is 11.4 Å². The maximum atomic E-state index is 12.3. The molecule has 0 spiro atoms. The van der Waals surface area contributed by atoms with Crippen LogP contribution in [0.5, 0.6) is 5.75 Å². The van der Waals surface area contributed by atoms with Crippen molar-refractivity contribution in [1.29, 1.82) is 0 Å². The number of hydrogen-bond donors (Lipinski definition) is 2. The number of rotatable bonds is 5. The van der Waals surface area contributed by atoms with Gasteiger partial charge in [-0.25, -0.2) is 4.79 Å². The zero-order valence-corrected chi connectivity index (χ0v) is 15.6. The molecule has 1 atom stereocenters. The monoisotopic (exact) mass is 333 g/mol. The van der Waals surface area contributed by atoms with Crippen LogP contribution < -0.4 is 5.32 Å². The van der Waals surface area contributed by atoms with Crippen LogP contribution in [0.1, 0.15) is 65.9 Å². The Bertz CT molecular complexity index is 553. The van der Waals surface area contributed by atoms with Gasteiger partial charge < -0.3 is 15.2 Å². The Kier molecular flexibility index (Phi) is 5.46. The second-order valence-electron chi connectivity index (χ2n) is 8.38. The molecule has 4 nitrogen and oxygen atoms in total. The minimum absolute atomic E-state index is 0.0330. The third-order valence-corrected chi connectivity index (χ3v) is 4.75. The van der Waals surface area contributed by atoms with E-state index in [4.69, 9.17) is 4.74 Å². The van der Waals surface area contributed by atoms with Crippen molar-refractivity contribution in [2.75, 3.05) is 0 Å². The van der Waals surface area contributed by atoms with Crippen LogP contribution >= 0.6 is 0 Å². The smallest absolute Gasteiger partial charge is 0.407 e. The fourth-order valence-electron chi connectivity index (χ4n) is 3.53. The Balaban J connectivity index is 2.24. The molecule has 0 bridgehead atoms. The van der Waals surface area contributed by atoms with Crippen molar-refractivity contribution in [3.05, 3.63) is 29.8 Å². The van der Waals surface area contributed by atoms with Gasteiger partial charge in [0, 0.05) is 11.5 Å². The Morgan fingerprint density at radius 1 is 1.25 bits per heavy atom. The normalized spacial score (nSPS) is 17.9. The summed E-state index contributed by atoms with van der Waals surface area (Å²) in [5.74, 6) is 0.744. The molecular weight excluding hydrogens is 302 g/mol. The second kappa shape index (κ2) is 7.04. The molecule has 1 aliphatic carbocycles. The standard InChI is InChI=1S/C20H31NO3/c1-14(2)13-17(21-18(23)24-19(3,4)5)20(11-6-12-20)15-7-9-16(22)10-8-15/h7-10,14,17,22H,6,11-13H2,1-5H3,(H,21,23). The highest BCUT2D eigenvalue weighted by Gasteiger charge is 2.46. The largest absolute Gasteiger partial charge is 0.508 e. The van der Waals surface area contributed by atoms with E-state index in [0.29, 0.717) is 5.92 Å². The summed E-state index contributed by atoms with van der Waals surface area (Å²) in [6.07, 6.45) is 3.81. The quantitative estimate of drug-likeness (QED) is 0.817. The number of hydrogen-bond acceptors (Lipinski definition) is 3. The first-order valence-electron chi connectivity index (χ1n) is 8.91. The van der Waals surface area contributed by atoms with Gasteiger partial charge >= 0.3 is 6.09 Å². The number of aromatic hydroxyl groups is 1. The fourth-order valence-corrected chi connectivity index (χ4v) is 3.53. The van der Waals surface area contributed by atoms with E-state index in [1.807, 2.05) is 32.9 Å². The van der Waals surface area contributed by atoms with Gasteiger partial charge in [-0.1, -0.05) is 32.4 Å². The molecule has 1 aliphatic rings. The van der Waals surface area contributed by atoms with Crippen LogP contribution in [0.4, 0.5) is 4.79 Å². The molecule has 0 aromatic heterocycles. The summed E-state index contributed by atoms with van der Waals surface area (Å²) < 4.78 is 5.48. The van der Waals surface area contributed by atoms with Crippen LogP contribution in [0.15, 0.2) is 24.3 Å². The van der Waals surface area contributed by atoms with Crippen molar-refractivity contribution >= 4 is 6.09 Å². The van der Waals surface area contributed by atoms with Crippen molar-refractivity contribution in [3.63, 3.8) is 0 Å². The average molecular weight is 333 g/mol. The van der Waals surface area contributed by atoms with E-state index in [-0.39, 0.29) is 23.3 Å². The topological polar surface area (TPSA) is 58.6 Å². The summed E-state index contributed by atoms with van der Waals surface area (Å²) >= 11 is 0. The summed E-state index contributed by atoms with van der Waals surface area (Å²) in [5.41, 5.74) is 0.625. The van der Waals surface area contributed by atoms with Crippen molar-refractivity contribution in [2.45, 2.75) is 77.4 Å². The number of benzene rings is 1. The summed E-state index contributed by atoms with van der Waals surface area (Å²) in [7, 11) is 0. The van der Waals surface area contributed by atoms with Crippen molar-refractivity contribution in [1.82, 2.24) is 5.32 Å². The van der Waals surface area contributed by atoms with Crippen LogP contribution in [-0.2, 0) is 10.2 Å². The zero-order valence-electron chi connectivity index (χ0n) is 15.6. The fraction of sp³-hybridized carbons (Fsp3) is 0.650. The molecule has 24 heavy (non-hydrogen) atoms. The van der Waals surface area contributed by atoms with Gasteiger partial charge in [-0.05, 0) is 63.6 Å². The third-order valence-electron chi connectivity index (χ3n) is 4.75. The molecule has 1 saturated carbocycles. The Hall–Kier alpha value is -1.71. The number of carbonyl (C=O) groups is 1. The molecule has 0 aliphatic heterocycles. The number of phenolic OH excluding ortho intramolecular Hbond substituents is 1. The summed E-state index contributed by atoms with van der Waals surface area (Å²) in [6, 6.07) is 7.47. The molecule has 1 unspecified atom stereocenters. The number of nitrogens with one attached hydrogen (secondary N) is 1. The van der Waals surface area contributed by atoms with E-state index in [9.17, 15) is 9.90 Å². The van der Waals surface area contributed by atoms with Crippen molar-refractivity contribution in [2.24, 2.45) is 5.92 Å². The van der Waals surface area contributed by atoms with E-state index in [0.717, 1.165) is 25.7 Å². The van der Waals surface area contributed by atoms with Crippen molar-refractivity contribution in [3.8, 4) is 5.75 Å². The van der Waals surface area contributed by atoms with Gasteiger partial charge in [-0.3, -0.25) is 0 Å². The van der Waals surface area contributed by atoms with E-state index in [1.54, 1.807) is 12.1 Å². The van der Waals surface area contributed by atoms with Crippen LogP contribution in [0.25, 0.3) is 0 Å². The lowest BCUT2D eigenvalue weighted by Gasteiger charge is -2.49. The van der Waals surface area contributed by atoms with Gasteiger partial charge in [0.05, 0.1) is 0 Å². The molecule has 0 radical (unpaired) electrons. The highest BCUT2D eigenvalue weighted by atomic mass is 16.6. The predicted octanol–water partition coefficient (Wildman–Crippen LogP) is 4.75. The minimum Gasteiger partial charge on any atom is -0.508 e. The first-order valence-corrected chi connectivity index (χ1v) is 8.91. The zero-order chi connectivity index (χ0) is 18.0. The molecule has 0 saturated heterocycles. The predicted molar refractivity (Wildman–Crippen MR) is 96.2 cm³/mol. The van der Waals surface area contributed by atoms with Crippen LogP contribution in [0.3, 0.4) is 0 Å². The lowest BCUT2D eigenvalue weighted by molar-refractivity contribution is 0.0421. The van der Waals surface area contributed by atoms with Crippen LogP contribution in [0.2, 0.25) is 0 Å². The van der Waals surface area contributed by atoms with E-state index < -0.39 is 5.60 Å². The Morgan fingerprint density at radius 3 is 2.25 bits per heavy atom. The Labute approximate surface area is 145 Å². The van der Waals surface area contributed by atoms with Gasteiger partial charge in [0.2, 0.25) is 0 Å². The molecule has 1 fully saturated rings. The first kappa shape index (κ1) is 18.6. The minimum atomic E-state index is -0.502. The van der Waals surface area contributed by atoms with Crippen LogP contribution in [0, 0.1) is 5.92 Å². The molecule has 134 valence electrons. The lowest BCUT2D eigenvalue weighted by atomic mass is 9.59. The van der Waals surface area contributed by atoms with E-state index >= 15 is 0 Å². The highest BCUT2D eigenvalue weighted by molar-refractivity contribution is 5.68. The van der Waals surface area contributed by atoms with Gasteiger partial charge in [-0.2, -0.15) is 0 Å². The van der Waals surface area contributed by atoms with Crippen molar-refractivity contribution < 1.29 is 14.6 Å². The highest BCUT2D eigenvalue weighted by Crippen LogP contribution is 2.48. The van der Waals surface area contributed by atoms with E-state index in [1.165, 1.54) is 5.56 Å². The molecule has 2 rings (SSSR count). The first-order chi connectivity index (χ1) is 11.1. The summed E-state index contributed by atoms with van der Waals surface area (Å²) in [6.45, 7) is 9.98. The maximum absolute atomic E-state index is 12.3. The second-order valence-corrected chi connectivity index (χ2v) is 8.38. The van der Waals surface area contributed by atoms with E-state index in [2.05, 4.69) is 19.2 Å². The summed E-state index contributed by atoms with van der Waals surface area (Å²) in [5, 5.41) is 12.7. The molecule has 1 aromatic carbocycles. The number of alkyl carbamates (subject to hydrolysis) is 1. The van der Waals surface area contributed by atoms with Gasteiger partial charge in [0.25, 0.3) is 0 Å². The SMILES string of the molecule is CC(C)CC(NC(=O)OC(C)(C)C)C1(c2ccc(O)cc2)CCC1. The van der Waals surface area contributed by atoms with Crippen LogP contribution in [-0.4, -0.2) is 22.8 Å². The third kappa shape index (κ3) is 4.43. The van der Waals surface area contributed by atoms with Gasteiger partial charge in [0.15, 0.2) is 0 Å². The molecule has 4 heteroatoms. The maximum Gasteiger partial charge on any atom is 0.407 e. The van der Waals surface area contributed by atoms with Gasteiger partial charge in [-0.15, -0.1) is 0 Å². The molecule has 1 amide bonds.